The number of esters is 1. The summed E-state index contributed by atoms with van der Waals surface area (Å²) in [6, 6.07) is 1.36. The summed E-state index contributed by atoms with van der Waals surface area (Å²) in [6.07, 6.45) is -4.65. The van der Waals surface area contributed by atoms with Crippen molar-refractivity contribution in [3.63, 3.8) is 0 Å². The maximum atomic E-state index is 12.5. The normalized spacial score (nSPS) is 11.2. The van der Waals surface area contributed by atoms with E-state index >= 15 is 0 Å². The summed E-state index contributed by atoms with van der Waals surface area (Å²) in [5, 5.41) is 0. The zero-order chi connectivity index (χ0) is 15.3. The zero-order valence-corrected chi connectivity index (χ0v) is 10.6. The molecule has 0 fully saturated rings. The van der Waals surface area contributed by atoms with Crippen molar-refractivity contribution in [1.29, 1.82) is 0 Å². The number of hydrogen-bond donors (Lipinski definition) is 0. The molecule has 0 N–H and O–H groups in total. The third-order valence-corrected chi connectivity index (χ3v) is 2.30. The molecule has 0 unspecified atom stereocenters. The number of rotatable bonds is 5. The molecule has 0 aliphatic rings. The van der Waals surface area contributed by atoms with Gasteiger partial charge in [-0.1, -0.05) is 0 Å². The van der Waals surface area contributed by atoms with E-state index < -0.39 is 42.0 Å². The summed E-state index contributed by atoms with van der Waals surface area (Å²) >= 11 is 0. The molecule has 20 heavy (non-hydrogen) atoms. The predicted molar refractivity (Wildman–Crippen MR) is 62.0 cm³/mol. The van der Waals surface area contributed by atoms with Crippen LogP contribution in [0.2, 0.25) is 0 Å². The Bertz CT molecular complexity index is 563. The molecule has 1 aromatic rings. The fourth-order valence-electron chi connectivity index (χ4n) is 1.44. The molecule has 0 radical (unpaired) electrons. The van der Waals surface area contributed by atoms with Gasteiger partial charge in [-0.05, 0) is 13.0 Å². The van der Waals surface area contributed by atoms with Gasteiger partial charge < -0.3 is 9.30 Å². The Labute approximate surface area is 112 Å². The average molecular weight is 291 g/mol. The Morgan fingerprint density at radius 1 is 1.30 bits per heavy atom. The highest BCUT2D eigenvalue weighted by atomic mass is 19.4. The molecule has 0 atom stereocenters. The predicted octanol–water partition coefficient (Wildman–Crippen LogP) is 1.39. The van der Waals surface area contributed by atoms with Crippen LogP contribution in [0.3, 0.4) is 0 Å². The van der Waals surface area contributed by atoms with E-state index in [4.69, 9.17) is 0 Å². The van der Waals surface area contributed by atoms with Gasteiger partial charge in [0, 0.05) is 12.3 Å². The molecule has 0 saturated heterocycles. The van der Waals surface area contributed by atoms with Gasteiger partial charge >= 0.3 is 12.1 Å². The van der Waals surface area contributed by atoms with Crippen molar-refractivity contribution in [2.75, 3.05) is 6.61 Å². The Balaban J connectivity index is 2.84. The van der Waals surface area contributed by atoms with E-state index in [9.17, 15) is 27.6 Å². The van der Waals surface area contributed by atoms with Crippen LogP contribution >= 0.6 is 0 Å². The third-order valence-electron chi connectivity index (χ3n) is 2.30. The van der Waals surface area contributed by atoms with Crippen LogP contribution < -0.4 is 5.56 Å². The number of ketones is 1. The highest BCUT2D eigenvalue weighted by molar-refractivity contribution is 5.95. The summed E-state index contributed by atoms with van der Waals surface area (Å²) < 4.78 is 42.6. The first kappa shape index (κ1) is 15.9. The topological polar surface area (TPSA) is 65.4 Å². The lowest BCUT2D eigenvalue weighted by atomic mass is 10.2. The number of carbonyl (C=O) groups is 2. The third kappa shape index (κ3) is 4.52. The SMILES string of the molecule is CCOC(=O)CC(=O)Cn1cc(C(F)(F)F)ccc1=O. The van der Waals surface area contributed by atoms with Gasteiger partial charge in [0.25, 0.3) is 5.56 Å². The van der Waals surface area contributed by atoms with Gasteiger partial charge in [-0.15, -0.1) is 0 Å². The molecule has 0 bridgehead atoms. The second kappa shape index (κ2) is 6.36. The number of carbonyl (C=O) groups excluding carboxylic acids is 2. The summed E-state index contributed by atoms with van der Waals surface area (Å²) in [7, 11) is 0. The minimum absolute atomic E-state index is 0.0929. The highest BCUT2D eigenvalue weighted by Crippen LogP contribution is 2.27. The van der Waals surface area contributed by atoms with Crippen LogP contribution in [-0.4, -0.2) is 22.9 Å². The lowest BCUT2D eigenvalue weighted by molar-refractivity contribution is -0.146. The molecule has 0 aromatic carbocycles. The first-order chi connectivity index (χ1) is 9.24. The van der Waals surface area contributed by atoms with E-state index in [2.05, 4.69) is 4.74 Å². The zero-order valence-electron chi connectivity index (χ0n) is 10.6. The van der Waals surface area contributed by atoms with Crippen LogP contribution in [0.4, 0.5) is 13.2 Å². The van der Waals surface area contributed by atoms with Gasteiger partial charge in [-0.3, -0.25) is 14.4 Å². The molecule has 0 saturated carbocycles. The van der Waals surface area contributed by atoms with E-state index in [1.165, 1.54) is 0 Å². The molecular weight excluding hydrogens is 279 g/mol. The lowest BCUT2D eigenvalue weighted by Crippen LogP contribution is -2.26. The quantitative estimate of drug-likeness (QED) is 0.607. The van der Waals surface area contributed by atoms with Crippen LogP contribution in [0, 0.1) is 0 Å². The highest BCUT2D eigenvalue weighted by Gasteiger charge is 2.31. The first-order valence-electron chi connectivity index (χ1n) is 5.69. The molecule has 1 rings (SSSR count). The summed E-state index contributed by atoms with van der Waals surface area (Å²) in [5.41, 5.74) is -1.80. The fraction of sp³-hybridized carbons (Fsp3) is 0.417. The second-order valence-electron chi connectivity index (χ2n) is 3.90. The van der Waals surface area contributed by atoms with Gasteiger partial charge in [0.15, 0.2) is 5.78 Å². The standard InChI is InChI=1S/C12H12F3NO4/c1-2-20-11(19)5-9(17)7-16-6-8(12(13,14)15)3-4-10(16)18/h3-4,6H,2,5,7H2,1H3. The van der Waals surface area contributed by atoms with Crippen molar-refractivity contribution < 1.29 is 27.5 Å². The van der Waals surface area contributed by atoms with Gasteiger partial charge in [0.1, 0.15) is 6.42 Å². The lowest BCUT2D eigenvalue weighted by Gasteiger charge is -2.10. The fourth-order valence-corrected chi connectivity index (χ4v) is 1.44. The number of halogens is 3. The van der Waals surface area contributed by atoms with Crippen molar-refractivity contribution in [1.82, 2.24) is 4.57 Å². The van der Waals surface area contributed by atoms with Crippen molar-refractivity contribution >= 4 is 11.8 Å². The van der Waals surface area contributed by atoms with Crippen molar-refractivity contribution in [3.8, 4) is 0 Å². The average Bonchev–Trinajstić information content (AvgIpc) is 2.30. The van der Waals surface area contributed by atoms with E-state index in [-0.39, 0.29) is 6.61 Å². The molecule has 0 spiro atoms. The number of alkyl halides is 3. The van der Waals surface area contributed by atoms with Gasteiger partial charge in [-0.25, -0.2) is 0 Å². The smallest absolute Gasteiger partial charge is 0.417 e. The second-order valence-corrected chi connectivity index (χ2v) is 3.90. The number of pyridine rings is 1. The molecule has 8 heteroatoms. The van der Waals surface area contributed by atoms with Crippen molar-refractivity contribution in [3.05, 3.63) is 34.2 Å². The Morgan fingerprint density at radius 3 is 2.50 bits per heavy atom. The number of aromatic nitrogens is 1. The minimum atomic E-state index is -4.61. The summed E-state index contributed by atoms with van der Waals surface area (Å²) in [5.74, 6) is -1.48. The molecule has 0 amide bonds. The number of hydrogen-bond acceptors (Lipinski definition) is 4. The van der Waals surface area contributed by atoms with Gasteiger partial charge in [-0.2, -0.15) is 13.2 Å². The van der Waals surface area contributed by atoms with Crippen molar-refractivity contribution in [2.24, 2.45) is 0 Å². The monoisotopic (exact) mass is 291 g/mol. The number of ether oxygens (including phenoxy) is 1. The largest absolute Gasteiger partial charge is 0.466 e. The molecule has 0 aliphatic heterocycles. The van der Waals surface area contributed by atoms with Gasteiger partial charge in [0.2, 0.25) is 0 Å². The maximum absolute atomic E-state index is 12.5. The van der Waals surface area contributed by atoms with Crippen molar-refractivity contribution in [2.45, 2.75) is 26.1 Å². The molecule has 0 aliphatic carbocycles. The molecule has 110 valence electrons. The number of nitrogens with zero attached hydrogens (tertiary/aromatic N) is 1. The summed E-state index contributed by atoms with van der Waals surface area (Å²) in [6.45, 7) is 1.04. The van der Waals surface area contributed by atoms with Crippen LogP contribution in [-0.2, 0) is 27.0 Å². The van der Waals surface area contributed by atoms with Crippen LogP contribution in [0.5, 0.6) is 0 Å². The maximum Gasteiger partial charge on any atom is 0.417 e. The molecule has 5 nitrogen and oxygen atoms in total. The number of Topliss-reactive ketones (excluding diaryl/α,β-unsaturated/α-hetero) is 1. The van der Waals surface area contributed by atoms with Crippen LogP contribution in [0.15, 0.2) is 23.1 Å². The molecule has 1 aromatic heterocycles. The van der Waals surface area contributed by atoms with Crippen LogP contribution in [0.25, 0.3) is 0 Å². The Kier molecular flexibility index (Phi) is 5.06. The van der Waals surface area contributed by atoms with Gasteiger partial charge in [0.05, 0.1) is 18.7 Å². The minimum Gasteiger partial charge on any atom is -0.466 e. The molecular formula is C12H12F3NO4. The van der Waals surface area contributed by atoms with Crippen LogP contribution in [0.1, 0.15) is 18.9 Å². The van der Waals surface area contributed by atoms with E-state index in [0.29, 0.717) is 16.8 Å². The van der Waals surface area contributed by atoms with E-state index in [1.807, 2.05) is 0 Å². The summed E-state index contributed by atoms with van der Waals surface area (Å²) in [4.78, 5) is 33.9. The Hall–Kier alpha value is -2.12. The van der Waals surface area contributed by atoms with E-state index in [0.717, 1.165) is 6.07 Å². The first-order valence-corrected chi connectivity index (χ1v) is 5.69. The van der Waals surface area contributed by atoms with E-state index in [1.54, 1.807) is 6.92 Å². The molecule has 1 heterocycles. The Morgan fingerprint density at radius 2 is 1.95 bits per heavy atom.